The van der Waals surface area contributed by atoms with Crippen molar-refractivity contribution in [2.75, 3.05) is 56.6 Å². The molecule has 1 saturated heterocycles. The first-order valence-electron chi connectivity index (χ1n) is 12.1. The van der Waals surface area contributed by atoms with Crippen molar-refractivity contribution in [2.24, 2.45) is 5.92 Å². The lowest BCUT2D eigenvalue weighted by atomic mass is 9.99. The van der Waals surface area contributed by atoms with Crippen LogP contribution in [0.2, 0.25) is 0 Å². The van der Waals surface area contributed by atoms with Gasteiger partial charge in [0, 0.05) is 32.3 Å². The third-order valence-electron chi connectivity index (χ3n) is 6.22. The highest BCUT2D eigenvalue weighted by Gasteiger charge is 2.22. The largest absolute Gasteiger partial charge is 0.493 e. The molecule has 0 amide bonds. The van der Waals surface area contributed by atoms with Crippen LogP contribution in [0.25, 0.3) is 0 Å². The van der Waals surface area contributed by atoms with Gasteiger partial charge in [-0.15, -0.1) is 0 Å². The number of piperidine rings is 1. The topological polar surface area (TPSA) is 151 Å². The van der Waals surface area contributed by atoms with Crippen LogP contribution in [0.4, 0.5) is 22.7 Å². The first-order valence-corrected chi connectivity index (χ1v) is 12.9. The number of thiazole rings is 1. The number of carbonyl (C=O) groups is 1. The third-order valence-corrected chi connectivity index (χ3v) is 7.28. The Hall–Kier alpha value is -3.84. The number of carboxylic acids is 1. The average Bonchev–Trinajstić information content (AvgIpc) is 3.30. The standard InChI is InChI=1S/C25H32N6O6S/c1-14-22(23(33)34)38-25(27-14)30-24-28-19(10-20(29-24)31-7-5-6-15(12-31)13-32)26-11-16-8-17(35-2)21(37-4)18(9-16)36-3/h8-10,15,32H,5-7,11-13H2,1-4H3,(H,33,34)(H2,26,27,28,29,30). The Morgan fingerprint density at radius 2 is 1.87 bits per heavy atom. The van der Waals surface area contributed by atoms with Gasteiger partial charge < -0.3 is 34.6 Å². The van der Waals surface area contributed by atoms with Crippen molar-refractivity contribution < 1.29 is 29.2 Å². The zero-order chi connectivity index (χ0) is 27.2. The number of nitrogens with zero attached hydrogens (tertiary/aromatic N) is 4. The second kappa shape index (κ2) is 12.1. The number of aromatic nitrogens is 3. The van der Waals surface area contributed by atoms with Gasteiger partial charge in [-0.25, -0.2) is 9.78 Å². The molecular formula is C25H32N6O6S. The quantitative estimate of drug-likeness (QED) is 0.279. The van der Waals surface area contributed by atoms with Crippen molar-refractivity contribution in [3.05, 3.63) is 34.3 Å². The summed E-state index contributed by atoms with van der Waals surface area (Å²) < 4.78 is 16.3. The van der Waals surface area contributed by atoms with E-state index in [-0.39, 0.29) is 23.4 Å². The van der Waals surface area contributed by atoms with Crippen molar-refractivity contribution in [1.29, 1.82) is 0 Å². The van der Waals surface area contributed by atoms with E-state index < -0.39 is 5.97 Å². The summed E-state index contributed by atoms with van der Waals surface area (Å²) in [5.74, 6) is 2.29. The number of hydrogen-bond donors (Lipinski definition) is 4. The summed E-state index contributed by atoms with van der Waals surface area (Å²) in [5, 5.41) is 25.9. The molecule has 2 aromatic heterocycles. The number of benzene rings is 1. The van der Waals surface area contributed by atoms with E-state index in [4.69, 9.17) is 14.2 Å². The molecule has 1 aliphatic heterocycles. The Morgan fingerprint density at radius 3 is 2.47 bits per heavy atom. The number of aromatic carboxylic acids is 1. The maximum atomic E-state index is 11.5. The maximum absolute atomic E-state index is 11.5. The van der Waals surface area contributed by atoms with Crippen LogP contribution >= 0.6 is 11.3 Å². The Morgan fingerprint density at radius 1 is 1.13 bits per heavy atom. The van der Waals surface area contributed by atoms with Crippen molar-refractivity contribution >= 4 is 40.0 Å². The van der Waals surface area contributed by atoms with Gasteiger partial charge in [0.25, 0.3) is 0 Å². The molecule has 3 heterocycles. The monoisotopic (exact) mass is 544 g/mol. The van der Waals surface area contributed by atoms with Crippen LogP contribution in [0.15, 0.2) is 18.2 Å². The zero-order valence-electron chi connectivity index (χ0n) is 21.8. The van der Waals surface area contributed by atoms with Crippen LogP contribution < -0.4 is 29.7 Å². The number of aliphatic hydroxyl groups excluding tert-OH is 1. The molecule has 1 atom stereocenters. The molecule has 0 saturated carbocycles. The number of aryl methyl sites for hydroxylation is 1. The minimum Gasteiger partial charge on any atom is -0.493 e. The minimum atomic E-state index is -1.03. The number of rotatable bonds is 11. The van der Waals surface area contributed by atoms with E-state index in [1.54, 1.807) is 28.3 Å². The predicted molar refractivity (Wildman–Crippen MR) is 145 cm³/mol. The van der Waals surface area contributed by atoms with Crippen molar-refractivity contribution in [3.63, 3.8) is 0 Å². The second-order valence-electron chi connectivity index (χ2n) is 8.82. The average molecular weight is 545 g/mol. The van der Waals surface area contributed by atoms with Gasteiger partial charge in [-0.3, -0.25) is 5.32 Å². The molecule has 0 bridgehead atoms. The Kier molecular flexibility index (Phi) is 8.69. The van der Waals surface area contributed by atoms with E-state index in [0.29, 0.717) is 52.8 Å². The van der Waals surface area contributed by atoms with Gasteiger partial charge in [-0.2, -0.15) is 9.97 Å². The van der Waals surface area contributed by atoms with E-state index in [0.717, 1.165) is 36.3 Å². The predicted octanol–water partition coefficient (Wildman–Crippen LogP) is 3.53. The molecule has 1 aliphatic rings. The minimum absolute atomic E-state index is 0.120. The Bertz CT molecular complexity index is 1260. The number of ether oxygens (including phenoxy) is 3. The molecule has 4 N–H and O–H groups in total. The van der Waals surface area contributed by atoms with Crippen molar-refractivity contribution in [1.82, 2.24) is 15.0 Å². The Balaban J connectivity index is 1.63. The smallest absolute Gasteiger partial charge is 0.347 e. The molecule has 204 valence electrons. The number of hydrogen-bond acceptors (Lipinski definition) is 12. The number of carboxylic acid groups (broad SMARTS) is 1. The third kappa shape index (κ3) is 6.17. The summed E-state index contributed by atoms with van der Waals surface area (Å²) in [7, 11) is 4.69. The van der Waals surface area contributed by atoms with Crippen LogP contribution in [-0.2, 0) is 6.54 Å². The number of nitrogens with one attached hydrogen (secondary N) is 2. The second-order valence-corrected chi connectivity index (χ2v) is 9.82. The highest BCUT2D eigenvalue weighted by Crippen LogP contribution is 2.38. The number of anilines is 4. The molecule has 38 heavy (non-hydrogen) atoms. The molecular weight excluding hydrogens is 512 g/mol. The van der Waals surface area contributed by atoms with Crippen LogP contribution in [0.1, 0.15) is 33.8 Å². The molecule has 0 aliphatic carbocycles. The van der Waals surface area contributed by atoms with E-state index in [1.165, 1.54) is 0 Å². The van der Waals surface area contributed by atoms with Gasteiger partial charge in [0.15, 0.2) is 16.6 Å². The lowest BCUT2D eigenvalue weighted by Gasteiger charge is -2.33. The molecule has 0 radical (unpaired) electrons. The van der Waals surface area contributed by atoms with Crippen LogP contribution in [0.3, 0.4) is 0 Å². The van der Waals surface area contributed by atoms with E-state index >= 15 is 0 Å². The summed E-state index contributed by atoms with van der Waals surface area (Å²) in [6.45, 7) is 3.66. The Labute approximate surface area is 224 Å². The van der Waals surface area contributed by atoms with Crippen molar-refractivity contribution in [2.45, 2.75) is 26.3 Å². The molecule has 12 nitrogen and oxygen atoms in total. The van der Waals surface area contributed by atoms with Gasteiger partial charge >= 0.3 is 5.97 Å². The molecule has 3 aromatic rings. The lowest BCUT2D eigenvalue weighted by molar-refractivity contribution is 0.0701. The zero-order valence-corrected chi connectivity index (χ0v) is 22.6. The number of aliphatic hydroxyl groups is 1. The van der Waals surface area contributed by atoms with Crippen molar-refractivity contribution in [3.8, 4) is 17.2 Å². The van der Waals surface area contributed by atoms with Crippen LogP contribution in [0, 0.1) is 12.8 Å². The first-order chi connectivity index (χ1) is 18.3. The van der Waals surface area contributed by atoms with E-state index in [9.17, 15) is 15.0 Å². The molecule has 0 spiro atoms. The highest BCUT2D eigenvalue weighted by molar-refractivity contribution is 7.17. The van der Waals surface area contributed by atoms with E-state index in [1.807, 2.05) is 18.2 Å². The SMILES string of the molecule is COc1cc(CNc2cc(N3CCCC(CO)C3)nc(Nc3nc(C)c(C(=O)O)s3)n2)cc(OC)c1OC. The lowest BCUT2D eigenvalue weighted by Crippen LogP contribution is -2.37. The van der Waals surface area contributed by atoms with Gasteiger partial charge in [-0.1, -0.05) is 11.3 Å². The van der Waals surface area contributed by atoms with Gasteiger partial charge in [0.05, 0.1) is 27.0 Å². The summed E-state index contributed by atoms with van der Waals surface area (Å²) in [4.78, 5) is 27.3. The maximum Gasteiger partial charge on any atom is 0.347 e. The fourth-order valence-corrected chi connectivity index (χ4v) is 5.14. The highest BCUT2D eigenvalue weighted by atomic mass is 32.1. The molecule has 13 heteroatoms. The number of methoxy groups -OCH3 is 3. The summed E-state index contributed by atoms with van der Waals surface area (Å²) >= 11 is 1.03. The summed E-state index contributed by atoms with van der Waals surface area (Å²) in [6, 6.07) is 5.58. The molecule has 1 unspecified atom stereocenters. The van der Waals surface area contributed by atoms with Gasteiger partial charge in [-0.05, 0) is 43.4 Å². The van der Waals surface area contributed by atoms with E-state index in [2.05, 4.69) is 30.5 Å². The fourth-order valence-electron chi connectivity index (χ4n) is 4.34. The van der Waals surface area contributed by atoms with Gasteiger partial charge in [0.1, 0.15) is 16.5 Å². The summed E-state index contributed by atoms with van der Waals surface area (Å²) in [6.07, 6.45) is 1.91. The van der Waals surface area contributed by atoms with Gasteiger partial charge in [0.2, 0.25) is 11.7 Å². The van der Waals surface area contributed by atoms with Crippen LogP contribution in [0.5, 0.6) is 17.2 Å². The normalized spacial score (nSPS) is 15.2. The summed E-state index contributed by atoms with van der Waals surface area (Å²) in [5.41, 5.74) is 1.30. The first kappa shape index (κ1) is 27.2. The molecule has 1 aromatic carbocycles. The fraction of sp³-hybridized carbons (Fsp3) is 0.440. The van der Waals surface area contributed by atoms with Crippen LogP contribution in [-0.4, -0.2) is 72.2 Å². The molecule has 1 fully saturated rings. The molecule has 4 rings (SSSR count).